The molecule has 7 nitrogen and oxygen atoms in total. The Labute approximate surface area is 219 Å². The minimum Gasteiger partial charge on any atom is -0.352 e. The number of carbonyl (C=O) groups excluding carboxylic acids is 2. The van der Waals surface area contributed by atoms with Gasteiger partial charge < -0.3 is 10.2 Å². The van der Waals surface area contributed by atoms with Gasteiger partial charge in [0.15, 0.2) is 0 Å². The summed E-state index contributed by atoms with van der Waals surface area (Å²) < 4.78 is 26.9. The zero-order valence-corrected chi connectivity index (χ0v) is 23.3. The van der Waals surface area contributed by atoms with Gasteiger partial charge in [-0.1, -0.05) is 52.1 Å². The quantitative estimate of drug-likeness (QED) is 0.427. The summed E-state index contributed by atoms with van der Waals surface area (Å²) in [6, 6.07) is 10.5. The van der Waals surface area contributed by atoms with Crippen molar-refractivity contribution in [3.8, 4) is 0 Å². The van der Waals surface area contributed by atoms with Gasteiger partial charge in [-0.25, -0.2) is 8.42 Å². The maximum Gasteiger partial charge on any atom is 0.244 e. The van der Waals surface area contributed by atoms with E-state index in [2.05, 4.69) is 21.2 Å². The predicted octanol–water partition coefficient (Wildman–Crippen LogP) is 4.85. The van der Waals surface area contributed by atoms with E-state index in [0.29, 0.717) is 27.7 Å². The molecule has 0 aromatic heterocycles. The molecule has 0 fully saturated rings. The van der Waals surface area contributed by atoms with Crippen LogP contribution in [0.3, 0.4) is 0 Å². The maximum atomic E-state index is 13.6. The van der Waals surface area contributed by atoms with E-state index in [1.165, 1.54) is 4.90 Å². The van der Waals surface area contributed by atoms with Gasteiger partial charge in [-0.15, -0.1) is 0 Å². The first-order valence-electron chi connectivity index (χ1n) is 10.6. The summed E-state index contributed by atoms with van der Waals surface area (Å²) in [5.74, 6) is -0.904. The molecular formula is C23H28BrCl2N3O4S. The highest BCUT2D eigenvalue weighted by molar-refractivity contribution is 9.10. The normalized spacial score (nSPS) is 12.4. The first-order chi connectivity index (χ1) is 15.8. The molecule has 2 aromatic carbocycles. The zero-order valence-electron chi connectivity index (χ0n) is 19.4. The van der Waals surface area contributed by atoms with Crippen LogP contribution in [0.1, 0.15) is 32.8 Å². The molecule has 2 aromatic rings. The van der Waals surface area contributed by atoms with Gasteiger partial charge in [0.05, 0.1) is 11.9 Å². The number of hydrogen-bond acceptors (Lipinski definition) is 4. The summed E-state index contributed by atoms with van der Waals surface area (Å²) in [5, 5.41) is 3.52. The fourth-order valence-electron chi connectivity index (χ4n) is 3.37. The lowest BCUT2D eigenvalue weighted by atomic mass is 10.1. The van der Waals surface area contributed by atoms with Crippen molar-refractivity contribution in [1.82, 2.24) is 10.2 Å². The minimum atomic E-state index is -3.80. The largest absolute Gasteiger partial charge is 0.352 e. The van der Waals surface area contributed by atoms with E-state index < -0.39 is 28.5 Å². The molecule has 186 valence electrons. The highest BCUT2D eigenvalue weighted by Crippen LogP contribution is 2.28. The molecule has 1 N–H and O–H groups in total. The van der Waals surface area contributed by atoms with Gasteiger partial charge in [-0.3, -0.25) is 13.9 Å². The maximum absolute atomic E-state index is 13.6. The number of nitrogens with one attached hydrogen (secondary N) is 1. The van der Waals surface area contributed by atoms with Crippen LogP contribution in [0.4, 0.5) is 5.69 Å². The molecular weight excluding hydrogens is 565 g/mol. The van der Waals surface area contributed by atoms with Gasteiger partial charge in [0.25, 0.3) is 0 Å². The van der Waals surface area contributed by atoms with Crippen LogP contribution in [-0.2, 0) is 26.2 Å². The molecule has 0 saturated heterocycles. The van der Waals surface area contributed by atoms with Crippen molar-refractivity contribution >= 4 is 66.7 Å². The van der Waals surface area contributed by atoms with Gasteiger partial charge in [-0.05, 0) is 56.7 Å². The van der Waals surface area contributed by atoms with Crippen molar-refractivity contribution in [2.75, 3.05) is 17.1 Å². The van der Waals surface area contributed by atoms with Crippen molar-refractivity contribution in [2.24, 2.45) is 0 Å². The molecule has 0 unspecified atom stereocenters. The Morgan fingerprint density at radius 2 is 1.62 bits per heavy atom. The Hall–Kier alpha value is -1.81. The molecule has 11 heteroatoms. The fraction of sp³-hybridized carbons (Fsp3) is 0.391. The molecule has 0 spiro atoms. The van der Waals surface area contributed by atoms with Crippen LogP contribution in [0.25, 0.3) is 0 Å². The number of carbonyl (C=O) groups is 2. The molecule has 2 amide bonds. The predicted molar refractivity (Wildman–Crippen MR) is 141 cm³/mol. The molecule has 0 radical (unpaired) electrons. The second-order valence-electron chi connectivity index (χ2n) is 8.06. The number of halogens is 3. The van der Waals surface area contributed by atoms with Crippen LogP contribution < -0.4 is 9.62 Å². The van der Waals surface area contributed by atoms with E-state index in [-0.39, 0.29) is 18.5 Å². The van der Waals surface area contributed by atoms with Gasteiger partial charge in [0.1, 0.15) is 12.6 Å². The Bertz CT molecular complexity index is 1110. The third-order valence-electron chi connectivity index (χ3n) is 5.00. The van der Waals surface area contributed by atoms with Crippen LogP contribution in [0.5, 0.6) is 0 Å². The average molecular weight is 593 g/mol. The van der Waals surface area contributed by atoms with Gasteiger partial charge in [0.2, 0.25) is 21.8 Å². The Balaban J connectivity index is 2.49. The smallest absolute Gasteiger partial charge is 0.244 e. The van der Waals surface area contributed by atoms with Crippen LogP contribution >= 0.6 is 39.1 Å². The van der Waals surface area contributed by atoms with Gasteiger partial charge in [-0.2, -0.15) is 0 Å². The second kappa shape index (κ2) is 12.2. The van der Waals surface area contributed by atoms with Crippen molar-refractivity contribution in [1.29, 1.82) is 0 Å². The number of rotatable bonds is 10. The molecule has 34 heavy (non-hydrogen) atoms. The van der Waals surface area contributed by atoms with E-state index in [1.54, 1.807) is 49.4 Å². The van der Waals surface area contributed by atoms with E-state index in [1.807, 2.05) is 13.8 Å². The first kappa shape index (κ1) is 28.4. The highest BCUT2D eigenvalue weighted by Gasteiger charge is 2.32. The van der Waals surface area contributed by atoms with Crippen LogP contribution in [0, 0.1) is 0 Å². The van der Waals surface area contributed by atoms with Crippen molar-refractivity contribution in [3.63, 3.8) is 0 Å². The average Bonchev–Trinajstić information content (AvgIpc) is 2.73. The first-order valence-corrected chi connectivity index (χ1v) is 14.0. The monoisotopic (exact) mass is 591 g/mol. The number of nitrogens with zero attached hydrogens (tertiary/aromatic N) is 2. The fourth-order valence-corrected chi connectivity index (χ4v) is 5.01. The van der Waals surface area contributed by atoms with E-state index in [0.717, 1.165) is 15.0 Å². The van der Waals surface area contributed by atoms with Crippen molar-refractivity contribution in [3.05, 3.63) is 62.5 Å². The summed E-state index contributed by atoms with van der Waals surface area (Å²) in [5.41, 5.74) is 0.805. The molecule has 0 aliphatic carbocycles. The third-order valence-corrected chi connectivity index (χ3v) is 7.38. The molecule has 0 aliphatic rings. The SMILES string of the molecule is CC[C@@H](C(=O)NC(C)C)N(Cc1c(Cl)cccc1Cl)C(=O)CN(c1ccc(Br)cc1)S(C)(=O)=O. The van der Waals surface area contributed by atoms with Crippen LogP contribution in [0.15, 0.2) is 46.9 Å². The van der Waals surface area contributed by atoms with E-state index in [9.17, 15) is 18.0 Å². The van der Waals surface area contributed by atoms with E-state index in [4.69, 9.17) is 23.2 Å². The van der Waals surface area contributed by atoms with Gasteiger partial charge >= 0.3 is 0 Å². The molecule has 0 saturated carbocycles. The lowest BCUT2D eigenvalue weighted by Crippen LogP contribution is -2.53. The second-order valence-corrected chi connectivity index (χ2v) is 11.7. The zero-order chi connectivity index (χ0) is 25.6. The van der Waals surface area contributed by atoms with Crippen molar-refractivity contribution in [2.45, 2.75) is 45.8 Å². The van der Waals surface area contributed by atoms with Gasteiger partial charge in [0, 0.05) is 32.7 Å². The number of hydrogen-bond donors (Lipinski definition) is 1. The lowest BCUT2D eigenvalue weighted by Gasteiger charge is -2.33. The van der Waals surface area contributed by atoms with E-state index >= 15 is 0 Å². The number of benzene rings is 2. The lowest BCUT2D eigenvalue weighted by molar-refractivity contribution is -0.140. The molecule has 0 aliphatic heterocycles. The topological polar surface area (TPSA) is 86.8 Å². The molecule has 1 atom stereocenters. The summed E-state index contributed by atoms with van der Waals surface area (Å²) >= 11 is 16.0. The highest BCUT2D eigenvalue weighted by atomic mass is 79.9. The minimum absolute atomic E-state index is 0.0562. The number of amides is 2. The molecule has 0 heterocycles. The molecule has 0 bridgehead atoms. The Kier molecular flexibility index (Phi) is 10.2. The van der Waals surface area contributed by atoms with Crippen LogP contribution in [-0.4, -0.2) is 50.0 Å². The standard InChI is InChI=1S/C23H28BrCl2N3O4S/c1-5-21(23(31)27-15(2)3)28(13-18-19(25)7-6-8-20(18)26)22(30)14-29(34(4,32)33)17-11-9-16(24)10-12-17/h6-12,15,21H,5,13-14H2,1-4H3,(H,27,31)/t21-/m0/s1. The number of anilines is 1. The summed E-state index contributed by atoms with van der Waals surface area (Å²) in [6.45, 7) is 4.87. The number of sulfonamides is 1. The third kappa shape index (κ3) is 7.60. The Morgan fingerprint density at radius 1 is 1.06 bits per heavy atom. The van der Waals surface area contributed by atoms with Crippen molar-refractivity contribution < 1.29 is 18.0 Å². The Morgan fingerprint density at radius 3 is 2.09 bits per heavy atom. The van der Waals surface area contributed by atoms with Crippen LogP contribution in [0.2, 0.25) is 10.0 Å². The summed E-state index contributed by atoms with van der Waals surface area (Å²) in [4.78, 5) is 27.9. The molecule has 2 rings (SSSR count). The summed E-state index contributed by atoms with van der Waals surface area (Å²) in [7, 11) is -3.80. The summed E-state index contributed by atoms with van der Waals surface area (Å²) in [6.07, 6.45) is 1.34.